The van der Waals surface area contributed by atoms with Crippen molar-refractivity contribution in [3.8, 4) is 0 Å². The molecule has 0 saturated carbocycles. The molecule has 2 amide bonds. The minimum Gasteiger partial charge on any atom is -0.450 e. The van der Waals surface area contributed by atoms with Crippen molar-refractivity contribution >= 4 is 33.6 Å². The van der Waals surface area contributed by atoms with Gasteiger partial charge in [0.1, 0.15) is 0 Å². The fraction of sp³-hybridized carbons (Fsp3) is 0.476. The van der Waals surface area contributed by atoms with E-state index in [0.29, 0.717) is 32.8 Å². The van der Waals surface area contributed by atoms with Crippen molar-refractivity contribution in [1.82, 2.24) is 14.8 Å². The summed E-state index contributed by atoms with van der Waals surface area (Å²) in [7, 11) is 0. The average molecular weight is 400 g/mol. The largest absolute Gasteiger partial charge is 0.450 e. The Hall–Kier alpha value is -2.41. The monoisotopic (exact) mass is 399 g/mol. The Morgan fingerprint density at radius 1 is 1.11 bits per heavy atom. The predicted molar refractivity (Wildman–Crippen MR) is 109 cm³/mol. The second kappa shape index (κ2) is 8.31. The first-order chi connectivity index (χ1) is 13.7. The summed E-state index contributed by atoms with van der Waals surface area (Å²) in [6.45, 7) is 4.35. The summed E-state index contributed by atoms with van der Waals surface area (Å²) in [6.07, 6.45) is 5.58. The summed E-state index contributed by atoms with van der Waals surface area (Å²) in [6, 6.07) is 8.13. The zero-order valence-electron chi connectivity index (χ0n) is 16.0. The van der Waals surface area contributed by atoms with E-state index in [4.69, 9.17) is 9.72 Å². The number of para-hydroxylation sites is 1. The lowest BCUT2D eigenvalue weighted by Crippen LogP contribution is -2.52. The molecule has 1 aliphatic carbocycles. The molecule has 6 nitrogen and oxygen atoms in total. The summed E-state index contributed by atoms with van der Waals surface area (Å²) in [5, 5.41) is 1.05. The van der Waals surface area contributed by atoms with E-state index in [1.54, 1.807) is 23.2 Å². The molecule has 28 heavy (non-hydrogen) atoms. The van der Waals surface area contributed by atoms with Gasteiger partial charge in [-0.15, -0.1) is 11.3 Å². The molecule has 1 saturated heterocycles. The molecule has 7 heteroatoms. The molecule has 0 N–H and O–H groups in total. The van der Waals surface area contributed by atoms with Gasteiger partial charge in [0.05, 0.1) is 27.7 Å². The number of amides is 2. The van der Waals surface area contributed by atoms with E-state index in [-0.39, 0.29) is 23.8 Å². The molecule has 2 aromatic rings. The molecule has 0 unspecified atom stereocenters. The normalized spacial score (nSPS) is 22.5. The number of rotatable bonds is 3. The number of nitrogens with zero attached hydrogens (tertiary/aromatic N) is 3. The van der Waals surface area contributed by atoms with Crippen molar-refractivity contribution in [3.05, 3.63) is 41.4 Å². The number of hydrogen-bond acceptors (Lipinski definition) is 5. The minimum absolute atomic E-state index is 0.0836. The molecule has 2 heterocycles. The fourth-order valence-electron chi connectivity index (χ4n) is 3.97. The summed E-state index contributed by atoms with van der Waals surface area (Å²) in [5.74, 6) is 0.217. The van der Waals surface area contributed by atoms with Gasteiger partial charge in [-0.25, -0.2) is 9.78 Å². The standard InChI is InChI=1S/C21H25N3O3S/c1-2-27-21(26)24-13-11-23(12-14-24)20(25)16-8-4-3-7-15(16)19-22-17-9-5-6-10-18(17)28-19/h3-6,9-10,15-16H,2,7-8,11-14H2,1H3/t15-,16+/m1/s1. The number of allylic oxidation sites excluding steroid dienone is 2. The third kappa shape index (κ3) is 3.76. The van der Waals surface area contributed by atoms with E-state index in [1.165, 1.54) is 4.70 Å². The highest BCUT2D eigenvalue weighted by atomic mass is 32.1. The zero-order valence-corrected chi connectivity index (χ0v) is 16.9. The summed E-state index contributed by atoms with van der Waals surface area (Å²) in [5.41, 5.74) is 1.01. The highest BCUT2D eigenvalue weighted by Crippen LogP contribution is 2.39. The van der Waals surface area contributed by atoms with Gasteiger partial charge in [0, 0.05) is 32.1 Å². The number of carbonyl (C=O) groups is 2. The summed E-state index contributed by atoms with van der Waals surface area (Å²) in [4.78, 5) is 33.6. The SMILES string of the molecule is CCOC(=O)N1CCN(C(=O)[C@H]2CC=CC[C@H]2c2nc3ccccc3s2)CC1. The summed E-state index contributed by atoms with van der Waals surface area (Å²) < 4.78 is 6.23. The lowest BCUT2D eigenvalue weighted by atomic mass is 9.82. The molecule has 4 rings (SSSR count). The van der Waals surface area contributed by atoms with Gasteiger partial charge in [0.25, 0.3) is 0 Å². The molecular formula is C21H25N3O3S. The van der Waals surface area contributed by atoms with Crippen molar-refractivity contribution in [2.45, 2.75) is 25.7 Å². The number of aromatic nitrogens is 1. The van der Waals surface area contributed by atoms with E-state index in [1.807, 2.05) is 23.1 Å². The van der Waals surface area contributed by atoms with Gasteiger partial charge in [0.2, 0.25) is 5.91 Å². The zero-order chi connectivity index (χ0) is 19.5. The van der Waals surface area contributed by atoms with Crippen LogP contribution >= 0.6 is 11.3 Å². The summed E-state index contributed by atoms with van der Waals surface area (Å²) >= 11 is 1.70. The third-order valence-corrected chi connectivity index (χ3v) is 6.66. The number of fused-ring (bicyclic) bond motifs is 1. The van der Waals surface area contributed by atoms with Crippen molar-refractivity contribution in [1.29, 1.82) is 0 Å². The minimum atomic E-state index is -0.289. The molecule has 0 spiro atoms. The predicted octanol–water partition coefficient (Wildman–Crippen LogP) is 3.65. The second-order valence-electron chi connectivity index (χ2n) is 7.19. The molecule has 1 aromatic heterocycles. The van der Waals surface area contributed by atoms with Crippen molar-refractivity contribution in [2.24, 2.45) is 5.92 Å². The van der Waals surface area contributed by atoms with Crippen LogP contribution in [0.3, 0.4) is 0 Å². The molecular weight excluding hydrogens is 374 g/mol. The molecule has 1 aliphatic heterocycles. The molecule has 1 aromatic carbocycles. The van der Waals surface area contributed by atoms with Gasteiger partial charge in [-0.05, 0) is 31.9 Å². The molecule has 0 radical (unpaired) electrons. The number of thiazole rings is 1. The maximum atomic E-state index is 13.3. The van der Waals surface area contributed by atoms with E-state index in [9.17, 15) is 9.59 Å². The quantitative estimate of drug-likeness (QED) is 0.739. The Bertz CT molecular complexity index is 853. The maximum Gasteiger partial charge on any atom is 0.409 e. The number of piperazine rings is 1. The van der Waals surface area contributed by atoms with Crippen LogP contribution in [0.2, 0.25) is 0 Å². The molecule has 2 atom stereocenters. The Morgan fingerprint density at radius 3 is 2.57 bits per heavy atom. The van der Waals surface area contributed by atoms with Gasteiger partial charge >= 0.3 is 6.09 Å². The fourth-order valence-corrected chi connectivity index (χ4v) is 5.11. The van der Waals surface area contributed by atoms with E-state index < -0.39 is 0 Å². The second-order valence-corrected chi connectivity index (χ2v) is 8.25. The lowest BCUT2D eigenvalue weighted by molar-refractivity contribution is -0.138. The van der Waals surface area contributed by atoms with Gasteiger partial charge in [-0.3, -0.25) is 4.79 Å². The van der Waals surface area contributed by atoms with Crippen LogP contribution in [0.25, 0.3) is 10.2 Å². The van der Waals surface area contributed by atoms with Crippen LogP contribution in [0.4, 0.5) is 4.79 Å². The Morgan fingerprint density at radius 2 is 1.82 bits per heavy atom. The van der Waals surface area contributed by atoms with Crippen LogP contribution in [0.1, 0.15) is 30.7 Å². The van der Waals surface area contributed by atoms with Crippen molar-refractivity contribution in [3.63, 3.8) is 0 Å². The smallest absolute Gasteiger partial charge is 0.409 e. The van der Waals surface area contributed by atoms with Crippen LogP contribution in [0.15, 0.2) is 36.4 Å². The third-order valence-electron chi connectivity index (χ3n) is 5.49. The maximum absolute atomic E-state index is 13.3. The van der Waals surface area contributed by atoms with Gasteiger partial charge in [-0.2, -0.15) is 0 Å². The van der Waals surface area contributed by atoms with Gasteiger partial charge in [0.15, 0.2) is 0 Å². The Balaban J connectivity index is 1.47. The van der Waals surface area contributed by atoms with Crippen molar-refractivity contribution in [2.75, 3.05) is 32.8 Å². The first kappa shape index (κ1) is 18.9. The van der Waals surface area contributed by atoms with Gasteiger partial charge in [-0.1, -0.05) is 24.3 Å². The number of benzene rings is 1. The topological polar surface area (TPSA) is 62.7 Å². The van der Waals surface area contributed by atoms with Crippen LogP contribution < -0.4 is 0 Å². The first-order valence-electron chi connectivity index (χ1n) is 9.88. The van der Waals surface area contributed by atoms with E-state index in [2.05, 4.69) is 18.2 Å². The number of ether oxygens (including phenoxy) is 1. The lowest BCUT2D eigenvalue weighted by Gasteiger charge is -2.37. The highest BCUT2D eigenvalue weighted by Gasteiger charge is 2.36. The van der Waals surface area contributed by atoms with Crippen LogP contribution in [0, 0.1) is 5.92 Å². The molecule has 2 aliphatic rings. The van der Waals surface area contributed by atoms with E-state index >= 15 is 0 Å². The van der Waals surface area contributed by atoms with E-state index in [0.717, 1.165) is 23.4 Å². The molecule has 148 valence electrons. The highest BCUT2D eigenvalue weighted by molar-refractivity contribution is 7.18. The van der Waals surface area contributed by atoms with Gasteiger partial charge < -0.3 is 14.5 Å². The molecule has 0 bridgehead atoms. The average Bonchev–Trinajstić information content (AvgIpc) is 3.18. The number of carbonyl (C=O) groups excluding carboxylic acids is 2. The number of hydrogen-bond donors (Lipinski definition) is 0. The van der Waals surface area contributed by atoms with Crippen LogP contribution in [-0.2, 0) is 9.53 Å². The Labute approximate surface area is 168 Å². The molecule has 1 fully saturated rings. The van der Waals surface area contributed by atoms with Crippen LogP contribution in [-0.4, -0.2) is 59.6 Å². The van der Waals surface area contributed by atoms with Crippen LogP contribution in [0.5, 0.6) is 0 Å². The first-order valence-corrected chi connectivity index (χ1v) is 10.7. The Kier molecular flexibility index (Phi) is 5.62. The van der Waals surface area contributed by atoms with Crippen molar-refractivity contribution < 1.29 is 14.3 Å².